The number of hydrogen-bond acceptors (Lipinski definition) is 4. The van der Waals surface area contributed by atoms with E-state index in [9.17, 15) is 4.79 Å². The molecule has 1 aromatic carbocycles. The van der Waals surface area contributed by atoms with Crippen molar-refractivity contribution in [1.29, 1.82) is 0 Å². The minimum absolute atomic E-state index is 0.0519. The highest BCUT2D eigenvalue weighted by atomic mass is 32.2. The predicted molar refractivity (Wildman–Crippen MR) is 105 cm³/mol. The van der Waals surface area contributed by atoms with Gasteiger partial charge in [-0.15, -0.1) is 0 Å². The molecule has 2 aromatic rings. The molecule has 132 valence electrons. The van der Waals surface area contributed by atoms with Crippen LogP contribution in [0.5, 0.6) is 5.75 Å². The van der Waals surface area contributed by atoms with E-state index in [0.29, 0.717) is 5.92 Å². The summed E-state index contributed by atoms with van der Waals surface area (Å²) in [6.45, 7) is 3.70. The Balaban J connectivity index is 1.81. The maximum Gasteiger partial charge on any atom is 0.253 e. The Labute approximate surface area is 152 Å². The smallest absolute Gasteiger partial charge is 0.253 e. The van der Waals surface area contributed by atoms with Gasteiger partial charge in [-0.3, -0.25) is 4.79 Å². The van der Waals surface area contributed by atoms with Crippen molar-refractivity contribution >= 4 is 17.6 Å². The van der Waals surface area contributed by atoms with Crippen LogP contribution in [-0.2, 0) is 13.5 Å². The number of anilines is 1. The lowest BCUT2D eigenvalue weighted by molar-refractivity contribution is 0.301. The average Bonchev–Trinajstić information content (AvgIpc) is 3.35. The Hall–Kier alpha value is -1.88. The number of pyridine rings is 1. The summed E-state index contributed by atoms with van der Waals surface area (Å²) in [7, 11) is 1.81. The van der Waals surface area contributed by atoms with Crippen LogP contribution in [0.2, 0.25) is 0 Å². The Morgan fingerprint density at radius 2 is 2.08 bits per heavy atom. The maximum absolute atomic E-state index is 12.1. The van der Waals surface area contributed by atoms with Crippen LogP contribution in [0.1, 0.15) is 24.0 Å². The Morgan fingerprint density at radius 1 is 1.28 bits per heavy atom. The molecule has 4 rings (SSSR count). The number of fused-ring (bicyclic) bond motifs is 1. The van der Waals surface area contributed by atoms with Crippen LogP contribution in [0.15, 0.2) is 29.2 Å². The number of nitrogens with zero attached hydrogens (tertiary/aromatic N) is 2. The summed E-state index contributed by atoms with van der Waals surface area (Å²) in [6, 6.07) is 6.43. The van der Waals surface area contributed by atoms with Crippen molar-refractivity contribution in [3.8, 4) is 16.9 Å². The van der Waals surface area contributed by atoms with Gasteiger partial charge < -0.3 is 13.6 Å². The van der Waals surface area contributed by atoms with E-state index in [1.54, 1.807) is 16.5 Å². The summed E-state index contributed by atoms with van der Waals surface area (Å²) < 4.78 is 10.2. The fourth-order valence-electron chi connectivity index (χ4n) is 3.44. The van der Waals surface area contributed by atoms with Gasteiger partial charge in [0, 0.05) is 42.7 Å². The third kappa shape index (κ3) is 3.17. The van der Waals surface area contributed by atoms with Crippen LogP contribution in [0.4, 0.5) is 5.69 Å². The van der Waals surface area contributed by atoms with Gasteiger partial charge in [-0.1, -0.05) is 11.9 Å². The van der Waals surface area contributed by atoms with Crippen molar-refractivity contribution in [2.75, 3.05) is 23.7 Å². The van der Waals surface area contributed by atoms with Crippen molar-refractivity contribution < 1.29 is 4.74 Å². The summed E-state index contributed by atoms with van der Waals surface area (Å²) in [6.07, 6.45) is 7.64. The second-order valence-electron chi connectivity index (χ2n) is 7.09. The van der Waals surface area contributed by atoms with E-state index < -0.39 is 0 Å². The number of hydrogen-bond donors (Lipinski definition) is 0. The van der Waals surface area contributed by atoms with Crippen LogP contribution in [-0.4, -0.2) is 24.0 Å². The minimum atomic E-state index is 0.0519. The van der Waals surface area contributed by atoms with Gasteiger partial charge in [0.1, 0.15) is 5.75 Å². The molecule has 0 atom stereocenters. The van der Waals surface area contributed by atoms with E-state index in [1.807, 2.05) is 26.2 Å². The standard InChI is InChI=1S/C20H24N2O2S/c1-13-8-16(11-21(2)20(13)23)17-10-18-15(6-7-22(18)25-3)9-19(17)24-12-14-4-5-14/h8-11,14H,4-7,12H2,1-3H3. The number of ether oxygens (including phenoxy) is 1. The van der Waals surface area contributed by atoms with E-state index in [2.05, 4.69) is 22.7 Å². The van der Waals surface area contributed by atoms with E-state index in [1.165, 1.54) is 24.1 Å². The van der Waals surface area contributed by atoms with E-state index in [0.717, 1.165) is 42.0 Å². The van der Waals surface area contributed by atoms with Gasteiger partial charge in [-0.2, -0.15) is 0 Å². The van der Waals surface area contributed by atoms with Crippen LogP contribution >= 0.6 is 11.9 Å². The Bertz CT molecular complexity index is 844. The molecule has 25 heavy (non-hydrogen) atoms. The first-order valence-electron chi connectivity index (χ1n) is 8.86. The molecule has 1 saturated carbocycles. The predicted octanol–water partition coefficient (Wildman–Crippen LogP) is 3.79. The van der Waals surface area contributed by atoms with Gasteiger partial charge in [0.05, 0.1) is 12.3 Å². The topological polar surface area (TPSA) is 34.5 Å². The number of benzene rings is 1. The molecule has 0 bridgehead atoms. The Morgan fingerprint density at radius 3 is 2.76 bits per heavy atom. The molecule has 5 heteroatoms. The van der Waals surface area contributed by atoms with Gasteiger partial charge in [0.15, 0.2) is 0 Å². The lowest BCUT2D eigenvalue weighted by Crippen LogP contribution is -2.18. The third-order valence-electron chi connectivity index (χ3n) is 5.10. The summed E-state index contributed by atoms with van der Waals surface area (Å²) in [5.74, 6) is 1.66. The second-order valence-corrected chi connectivity index (χ2v) is 7.90. The molecule has 0 N–H and O–H groups in total. The highest BCUT2D eigenvalue weighted by Crippen LogP contribution is 2.42. The lowest BCUT2D eigenvalue weighted by atomic mass is 10.0. The molecule has 0 saturated heterocycles. The van der Waals surface area contributed by atoms with E-state index in [-0.39, 0.29) is 5.56 Å². The number of rotatable bonds is 5. The van der Waals surface area contributed by atoms with Gasteiger partial charge in [0.25, 0.3) is 5.56 Å². The quantitative estimate of drug-likeness (QED) is 0.764. The van der Waals surface area contributed by atoms with Crippen molar-refractivity contribution in [1.82, 2.24) is 4.57 Å². The zero-order valence-electron chi connectivity index (χ0n) is 15.0. The van der Waals surface area contributed by atoms with E-state index in [4.69, 9.17) is 4.74 Å². The summed E-state index contributed by atoms with van der Waals surface area (Å²) in [5, 5.41) is 0. The van der Waals surface area contributed by atoms with Crippen molar-refractivity contribution in [3.05, 3.63) is 45.9 Å². The van der Waals surface area contributed by atoms with Crippen LogP contribution < -0.4 is 14.6 Å². The van der Waals surface area contributed by atoms with Crippen molar-refractivity contribution in [2.24, 2.45) is 13.0 Å². The molecule has 2 heterocycles. The molecule has 4 nitrogen and oxygen atoms in total. The normalized spacial score (nSPS) is 16.2. The lowest BCUT2D eigenvalue weighted by Gasteiger charge is -2.19. The number of aryl methyl sites for hydroxylation is 2. The largest absolute Gasteiger partial charge is 0.493 e. The zero-order chi connectivity index (χ0) is 17.6. The molecule has 0 unspecified atom stereocenters. The number of aromatic nitrogens is 1. The second kappa shape index (κ2) is 6.45. The molecule has 1 fully saturated rings. The molecule has 1 aliphatic heterocycles. The zero-order valence-corrected chi connectivity index (χ0v) is 15.9. The first-order chi connectivity index (χ1) is 12.1. The molecule has 1 aromatic heterocycles. The van der Waals surface area contributed by atoms with Gasteiger partial charge in [-0.25, -0.2) is 0 Å². The van der Waals surface area contributed by atoms with Gasteiger partial charge in [0.2, 0.25) is 0 Å². The SMILES string of the molecule is CSN1CCc2cc(OCC3CC3)c(-c3cc(C)c(=O)n(C)c3)cc21. The van der Waals surface area contributed by atoms with Crippen LogP contribution in [0.25, 0.3) is 11.1 Å². The Kier molecular flexibility index (Phi) is 4.28. The monoisotopic (exact) mass is 356 g/mol. The fraction of sp³-hybridized carbons (Fsp3) is 0.450. The molecule has 2 aliphatic rings. The third-order valence-corrected chi connectivity index (χ3v) is 5.92. The first kappa shape index (κ1) is 16.6. The van der Waals surface area contributed by atoms with Gasteiger partial charge in [-0.05, 0) is 55.9 Å². The molecule has 0 amide bonds. The molecule has 0 radical (unpaired) electrons. The fourth-order valence-corrected chi connectivity index (χ4v) is 4.08. The summed E-state index contributed by atoms with van der Waals surface area (Å²) in [5.41, 5.74) is 5.56. The van der Waals surface area contributed by atoms with E-state index >= 15 is 0 Å². The molecule has 0 spiro atoms. The highest BCUT2D eigenvalue weighted by molar-refractivity contribution is 8.00. The molecule has 1 aliphatic carbocycles. The maximum atomic E-state index is 12.1. The highest BCUT2D eigenvalue weighted by Gasteiger charge is 2.25. The van der Waals surface area contributed by atoms with Crippen molar-refractivity contribution in [3.63, 3.8) is 0 Å². The van der Waals surface area contributed by atoms with Crippen LogP contribution in [0, 0.1) is 12.8 Å². The first-order valence-corrected chi connectivity index (χ1v) is 10.0. The van der Waals surface area contributed by atoms with Crippen molar-refractivity contribution in [2.45, 2.75) is 26.2 Å². The molecular weight excluding hydrogens is 332 g/mol. The minimum Gasteiger partial charge on any atom is -0.493 e. The molecular formula is C20H24N2O2S. The average molecular weight is 356 g/mol. The van der Waals surface area contributed by atoms with Gasteiger partial charge >= 0.3 is 0 Å². The summed E-state index contributed by atoms with van der Waals surface area (Å²) >= 11 is 1.76. The van der Waals surface area contributed by atoms with Crippen LogP contribution in [0.3, 0.4) is 0 Å². The summed E-state index contributed by atoms with van der Waals surface area (Å²) in [4.78, 5) is 12.1.